The van der Waals surface area contributed by atoms with E-state index in [1.165, 1.54) is 0 Å². The smallest absolute Gasteiger partial charge is 0.379 e. The summed E-state index contributed by atoms with van der Waals surface area (Å²) < 4.78 is 19.1. The van der Waals surface area contributed by atoms with Gasteiger partial charge in [0, 0.05) is 13.1 Å². The van der Waals surface area contributed by atoms with Crippen LogP contribution in [0.1, 0.15) is 19.8 Å². The summed E-state index contributed by atoms with van der Waals surface area (Å²) in [6, 6.07) is 0. The molecule has 1 heterocycles. The maximum Gasteiger partial charge on any atom is 0.469 e. The van der Waals surface area contributed by atoms with Gasteiger partial charge in [-0.15, -0.1) is 0 Å². The highest BCUT2D eigenvalue weighted by atomic mass is 31.2. The lowest BCUT2D eigenvalue weighted by molar-refractivity contribution is 0.109. The van der Waals surface area contributed by atoms with Crippen LogP contribution in [0.15, 0.2) is 0 Å². The first-order valence-electron chi connectivity index (χ1n) is 5.05. The number of ether oxygens (including phenoxy) is 1. The average Bonchev–Trinajstić information content (AvgIpc) is 2.20. The van der Waals surface area contributed by atoms with E-state index in [0.717, 1.165) is 32.7 Å². The molecule has 0 saturated carbocycles. The van der Waals surface area contributed by atoms with Crippen LogP contribution in [0.4, 0.5) is 0 Å². The molecule has 0 spiro atoms. The molecule has 1 rings (SSSR count). The highest BCUT2D eigenvalue weighted by Gasteiger charge is 2.11. The minimum absolute atomic E-state index is 0.140. The molecule has 0 aromatic heterocycles. The topological polar surface area (TPSA) is 88.0 Å². The zero-order valence-corrected chi connectivity index (χ0v) is 9.91. The maximum absolute atomic E-state index is 9.98. The number of phosphoric ester groups is 1. The molecule has 1 fully saturated rings. The van der Waals surface area contributed by atoms with E-state index < -0.39 is 7.82 Å². The Bertz CT molecular complexity index is 168. The van der Waals surface area contributed by atoms with Crippen LogP contribution in [0.3, 0.4) is 0 Å². The summed E-state index contributed by atoms with van der Waals surface area (Å²) in [4.78, 5) is 16.3. The number of hydrogen-bond donors (Lipinski definition) is 3. The highest BCUT2D eigenvalue weighted by Crippen LogP contribution is 2.35. The third-order valence-corrected chi connectivity index (χ3v) is 2.12. The Morgan fingerprint density at radius 1 is 1.40 bits per heavy atom. The molecule has 1 aliphatic heterocycles. The third-order valence-electron chi connectivity index (χ3n) is 1.60. The van der Waals surface area contributed by atoms with Crippen LogP contribution in [0.2, 0.25) is 0 Å². The van der Waals surface area contributed by atoms with Crippen molar-refractivity contribution in [2.75, 3.05) is 32.9 Å². The Labute approximate surface area is 90.2 Å². The first-order chi connectivity index (χ1) is 7.06. The molecule has 1 aliphatic rings. The summed E-state index contributed by atoms with van der Waals surface area (Å²) in [5, 5.41) is 3.16. The minimum Gasteiger partial charge on any atom is -0.379 e. The van der Waals surface area contributed by atoms with Crippen LogP contribution in [0.5, 0.6) is 0 Å². The maximum atomic E-state index is 9.98. The molecule has 0 unspecified atom stereocenters. The van der Waals surface area contributed by atoms with Gasteiger partial charge in [-0.2, -0.15) is 0 Å². The van der Waals surface area contributed by atoms with Gasteiger partial charge in [0.1, 0.15) is 0 Å². The van der Waals surface area contributed by atoms with Gasteiger partial charge < -0.3 is 19.8 Å². The van der Waals surface area contributed by atoms with Crippen LogP contribution in [-0.2, 0) is 13.8 Å². The van der Waals surface area contributed by atoms with Crippen molar-refractivity contribution in [2.45, 2.75) is 19.8 Å². The monoisotopic (exact) mass is 241 g/mol. The Kier molecular flexibility index (Phi) is 9.29. The number of morpholine rings is 1. The molecule has 0 bridgehead atoms. The predicted molar refractivity (Wildman–Crippen MR) is 56.6 cm³/mol. The number of phosphoric acid groups is 1. The lowest BCUT2D eigenvalue weighted by atomic mass is 10.4. The van der Waals surface area contributed by atoms with Gasteiger partial charge in [-0.05, 0) is 6.42 Å². The van der Waals surface area contributed by atoms with E-state index in [4.69, 9.17) is 14.5 Å². The van der Waals surface area contributed by atoms with E-state index in [2.05, 4.69) is 9.84 Å². The standard InChI is InChI=1S/C4H9NO.C4H11O4P/c1-3-6-4-2-5-1;1-2-3-4-8-9(5,6)7/h5H,1-4H2;2-4H2,1H3,(H2,5,6,7). The number of nitrogens with one attached hydrogen (secondary N) is 1. The lowest BCUT2D eigenvalue weighted by Gasteiger charge is -2.10. The summed E-state index contributed by atoms with van der Waals surface area (Å²) in [6.45, 7) is 5.89. The summed E-state index contributed by atoms with van der Waals surface area (Å²) in [6.07, 6.45) is 1.56. The second-order valence-electron chi connectivity index (χ2n) is 3.04. The fourth-order valence-electron chi connectivity index (χ4n) is 0.844. The Hall–Kier alpha value is 0.0300. The fourth-order valence-corrected chi connectivity index (χ4v) is 1.21. The molecule has 92 valence electrons. The van der Waals surface area contributed by atoms with Crippen molar-refractivity contribution in [3.05, 3.63) is 0 Å². The zero-order chi connectivity index (χ0) is 11.6. The first-order valence-corrected chi connectivity index (χ1v) is 6.58. The van der Waals surface area contributed by atoms with Crippen molar-refractivity contribution < 1.29 is 23.6 Å². The molecular formula is C8H20NO5P. The Morgan fingerprint density at radius 3 is 2.27 bits per heavy atom. The Morgan fingerprint density at radius 2 is 2.00 bits per heavy atom. The summed E-state index contributed by atoms with van der Waals surface area (Å²) in [7, 11) is -4.20. The largest absolute Gasteiger partial charge is 0.469 e. The molecule has 3 N–H and O–H groups in total. The normalized spacial score (nSPS) is 16.7. The van der Waals surface area contributed by atoms with E-state index in [0.29, 0.717) is 6.42 Å². The quantitative estimate of drug-likeness (QED) is 0.490. The van der Waals surface area contributed by atoms with Gasteiger partial charge in [-0.3, -0.25) is 4.52 Å². The minimum atomic E-state index is -4.20. The van der Waals surface area contributed by atoms with E-state index in [-0.39, 0.29) is 6.61 Å². The van der Waals surface area contributed by atoms with Gasteiger partial charge in [0.15, 0.2) is 0 Å². The number of unbranched alkanes of at least 4 members (excludes halogenated alkanes) is 1. The predicted octanol–water partition coefficient (Wildman–Crippen LogP) is 0.502. The summed E-state index contributed by atoms with van der Waals surface area (Å²) in [5.41, 5.74) is 0. The van der Waals surface area contributed by atoms with Crippen LogP contribution in [0.25, 0.3) is 0 Å². The van der Waals surface area contributed by atoms with Gasteiger partial charge in [0.25, 0.3) is 0 Å². The van der Waals surface area contributed by atoms with Gasteiger partial charge in [-0.1, -0.05) is 13.3 Å². The van der Waals surface area contributed by atoms with Gasteiger partial charge >= 0.3 is 7.82 Å². The van der Waals surface area contributed by atoms with Gasteiger partial charge in [0.05, 0.1) is 19.8 Å². The molecule has 0 amide bonds. The molecule has 15 heavy (non-hydrogen) atoms. The van der Waals surface area contributed by atoms with E-state index in [1.54, 1.807) is 0 Å². The van der Waals surface area contributed by atoms with Crippen molar-refractivity contribution in [1.29, 1.82) is 0 Å². The van der Waals surface area contributed by atoms with Crippen molar-refractivity contribution >= 4 is 7.82 Å². The third kappa shape index (κ3) is 14.0. The molecule has 0 atom stereocenters. The van der Waals surface area contributed by atoms with Crippen molar-refractivity contribution in [3.63, 3.8) is 0 Å². The van der Waals surface area contributed by atoms with Crippen molar-refractivity contribution in [1.82, 2.24) is 5.32 Å². The van der Waals surface area contributed by atoms with Crippen LogP contribution in [0, 0.1) is 0 Å². The van der Waals surface area contributed by atoms with Crippen LogP contribution >= 0.6 is 7.82 Å². The second kappa shape index (κ2) is 9.27. The molecule has 7 heteroatoms. The average molecular weight is 241 g/mol. The number of hydrogen-bond acceptors (Lipinski definition) is 4. The van der Waals surface area contributed by atoms with E-state index >= 15 is 0 Å². The summed E-state index contributed by atoms with van der Waals surface area (Å²) in [5.74, 6) is 0. The van der Waals surface area contributed by atoms with Gasteiger partial charge in [0.2, 0.25) is 0 Å². The molecule has 0 aliphatic carbocycles. The highest BCUT2D eigenvalue weighted by molar-refractivity contribution is 7.46. The Balaban J connectivity index is 0.000000280. The second-order valence-corrected chi connectivity index (χ2v) is 4.28. The van der Waals surface area contributed by atoms with Crippen molar-refractivity contribution in [3.8, 4) is 0 Å². The SMILES string of the molecule is C1COCCN1.CCCCOP(=O)(O)O. The van der Waals surface area contributed by atoms with Crippen molar-refractivity contribution in [2.24, 2.45) is 0 Å². The van der Waals surface area contributed by atoms with Crippen LogP contribution in [-0.4, -0.2) is 42.7 Å². The number of rotatable bonds is 4. The fraction of sp³-hybridized carbons (Fsp3) is 1.00. The molecule has 6 nitrogen and oxygen atoms in total. The first kappa shape index (κ1) is 15.0. The van der Waals surface area contributed by atoms with E-state index in [9.17, 15) is 4.57 Å². The molecule has 0 aromatic rings. The van der Waals surface area contributed by atoms with Crippen LogP contribution < -0.4 is 5.32 Å². The molecular weight excluding hydrogens is 221 g/mol. The molecule has 1 saturated heterocycles. The van der Waals surface area contributed by atoms with E-state index in [1.807, 2.05) is 6.92 Å². The summed E-state index contributed by atoms with van der Waals surface area (Å²) >= 11 is 0. The molecule has 0 aromatic carbocycles. The zero-order valence-electron chi connectivity index (χ0n) is 9.02. The molecule has 0 radical (unpaired) electrons. The lowest BCUT2D eigenvalue weighted by Crippen LogP contribution is -2.30. The van der Waals surface area contributed by atoms with Gasteiger partial charge in [-0.25, -0.2) is 4.57 Å².